The number of amides is 1. The lowest BCUT2D eigenvalue weighted by atomic mass is 10.3. The molecule has 1 aliphatic rings. The third-order valence-corrected chi connectivity index (χ3v) is 6.75. The molecular weight excluding hydrogens is 476 g/mol. The highest BCUT2D eigenvalue weighted by Gasteiger charge is 2.29. The van der Waals surface area contributed by atoms with Crippen molar-refractivity contribution in [2.45, 2.75) is 11.8 Å². The summed E-state index contributed by atoms with van der Waals surface area (Å²) in [4.78, 5) is 12.3. The van der Waals surface area contributed by atoms with Crippen LogP contribution in [-0.4, -0.2) is 58.1 Å². The van der Waals surface area contributed by atoms with Crippen molar-refractivity contribution in [2.75, 3.05) is 44.8 Å². The van der Waals surface area contributed by atoms with Crippen molar-refractivity contribution in [3.05, 3.63) is 46.9 Å². The summed E-state index contributed by atoms with van der Waals surface area (Å²) >= 11 is 3.33. The van der Waals surface area contributed by atoms with Crippen LogP contribution >= 0.6 is 15.9 Å². The van der Waals surface area contributed by atoms with Crippen LogP contribution in [0.5, 0.6) is 11.5 Å². The van der Waals surface area contributed by atoms with Gasteiger partial charge in [-0.2, -0.15) is 4.31 Å². The van der Waals surface area contributed by atoms with Gasteiger partial charge in [-0.05, 0) is 49.4 Å². The molecule has 0 aromatic heterocycles. The van der Waals surface area contributed by atoms with Crippen LogP contribution in [0, 0.1) is 0 Å². The zero-order valence-corrected chi connectivity index (χ0v) is 18.9. The second-order valence-corrected chi connectivity index (χ2v) is 9.22. The fraction of sp³-hybridized carbons (Fsp3) is 0.350. The summed E-state index contributed by atoms with van der Waals surface area (Å²) in [6, 6.07) is 11.6. The molecule has 2 aromatic rings. The summed E-state index contributed by atoms with van der Waals surface area (Å²) in [5, 5.41) is 2.67. The number of nitrogens with zero attached hydrogens (tertiary/aromatic N) is 1. The van der Waals surface area contributed by atoms with E-state index in [2.05, 4.69) is 21.2 Å². The second-order valence-electron chi connectivity index (χ2n) is 6.40. The molecule has 2 aromatic carbocycles. The number of carbonyl (C=O) groups excluding carboxylic acids is 1. The predicted molar refractivity (Wildman–Crippen MR) is 115 cm³/mol. The minimum Gasteiger partial charge on any atom is -0.492 e. The summed E-state index contributed by atoms with van der Waals surface area (Å²) in [6.07, 6.45) is 0. The summed E-state index contributed by atoms with van der Waals surface area (Å²) in [5.41, 5.74) is 0.342. The predicted octanol–water partition coefficient (Wildman–Crippen LogP) is 2.89. The van der Waals surface area contributed by atoms with E-state index in [1.165, 1.54) is 10.4 Å². The molecule has 1 amide bonds. The fourth-order valence-electron chi connectivity index (χ4n) is 2.86. The summed E-state index contributed by atoms with van der Waals surface area (Å²) < 4.78 is 44.7. The van der Waals surface area contributed by atoms with Crippen molar-refractivity contribution in [1.29, 1.82) is 0 Å². The molecule has 1 N–H and O–H groups in total. The molecule has 0 unspecified atom stereocenters. The van der Waals surface area contributed by atoms with Crippen molar-refractivity contribution < 1.29 is 27.4 Å². The molecule has 3 rings (SSSR count). The van der Waals surface area contributed by atoms with Gasteiger partial charge in [0.25, 0.3) is 5.91 Å². The lowest BCUT2D eigenvalue weighted by Gasteiger charge is -2.27. The maximum Gasteiger partial charge on any atom is 0.262 e. The Hall–Kier alpha value is -2.14. The molecule has 0 saturated carbocycles. The van der Waals surface area contributed by atoms with Crippen molar-refractivity contribution in [3.8, 4) is 11.5 Å². The third-order valence-electron chi connectivity index (χ3n) is 4.30. The van der Waals surface area contributed by atoms with E-state index < -0.39 is 15.9 Å². The lowest BCUT2D eigenvalue weighted by Crippen LogP contribution is -2.40. The van der Waals surface area contributed by atoms with Gasteiger partial charge >= 0.3 is 0 Å². The van der Waals surface area contributed by atoms with E-state index in [0.717, 1.165) is 4.47 Å². The Bertz CT molecular complexity index is 975. The molecule has 0 atom stereocenters. The second kappa shape index (κ2) is 10.3. The molecule has 1 fully saturated rings. The van der Waals surface area contributed by atoms with Crippen molar-refractivity contribution in [1.82, 2.24) is 4.31 Å². The first-order valence-corrected chi connectivity index (χ1v) is 11.7. The normalized spacial score (nSPS) is 14.9. The van der Waals surface area contributed by atoms with Gasteiger partial charge in [0.05, 0.1) is 19.8 Å². The van der Waals surface area contributed by atoms with Crippen LogP contribution in [0.15, 0.2) is 51.8 Å². The van der Waals surface area contributed by atoms with Crippen LogP contribution in [0.1, 0.15) is 6.92 Å². The number of ether oxygens (including phenoxy) is 3. The minimum absolute atomic E-state index is 0.0119. The van der Waals surface area contributed by atoms with Gasteiger partial charge < -0.3 is 19.5 Å². The smallest absolute Gasteiger partial charge is 0.262 e. The van der Waals surface area contributed by atoms with Crippen LogP contribution in [0.4, 0.5) is 5.69 Å². The Morgan fingerprint density at radius 2 is 1.83 bits per heavy atom. The summed E-state index contributed by atoms with van der Waals surface area (Å²) in [6.45, 7) is 3.11. The van der Waals surface area contributed by atoms with Crippen LogP contribution < -0.4 is 14.8 Å². The number of benzene rings is 2. The van der Waals surface area contributed by atoms with E-state index in [0.29, 0.717) is 31.3 Å². The van der Waals surface area contributed by atoms with Gasteiger partial charge in [-0.25, -0.2) is 8.42 Å². The number of anilines is 1. The number of sulfonamides is 1. The number of morpholine rings is 1. The lowest BCUT2D eigenvalue weighted by molar-refractivity contribution is -0.118. The molecule has 10 heteroatoms. The average Bonchev–Trinajstić information content (AvgIpc) is 2.75. The molecule has 0 spiro atoms. The molecule has 1 aliphatic heterocycles. The van der Waals surface area contributed by atoms with Crippen LogP contribution in [0.3, 0.4) is 0 Å². The molecular formula is C20H23BrN2O6S. The van der Waals surface area contributed by atoms with E-state index in [1.807, 2.05) is 12.1 Å². The van der Waals surface area contributed by atoms with E-state index >= 15 is 0 Å². The Balaban J connectivity index is 1.74. The Kier molecular flexibility index (Phi) is 7.70. The first-order valence-electron chi connectivity index (χ1n) is 9.43. The van der Waals surface area contributed by atoms with Gasteiger partial charge in [0.1, 0.15) is 16.4 Å². The van der Waals surface area contributed by atoms with Crippen LogP contribution in [-0.2, 0) is 19.6 Å². The van der Waals surface area contributed by atoms with Gasteiger partial charge in [-0.1, -0.05) is 15.9 Å². The zero-order valence-electron chi connectivity index (χ0n) is 16.5. The molecule has 162 valence electrons. The molecule has 0 bridgehead atoms. The third kappa shape index (κ3) is 5.72. The van der Waals surface area contributed by atoms with Crippen molar-refractivity contribution >= 4 is 37.5 Å². The topological polar surface area (TPSA) is 94.2 Å². The first-order chi connectivity index (χ1) is 14.4. The van der Waals surface area contributed by atoms with Crippen molar-refractivity contribution in [3.63, 3.8) is 0 Å². The van der Waals surface area contributed by atoms with Gasteiger partial charge in [-0.3, -0.25) is 4.79 Å². The SMILES string of the molecule is CCOc1ccc(NC(=O)COc2ccc(Br)cc2)cc1S(=O)(=O)N1CCOCC1. The molecule has 1 heterocycles. The maximum absolute atomic E-state index is 13.1. The molecule has 30 heavy (non-hydrogen) atoms. The van der Waals surface area contributed by atoms with Gasteiger partial charge in [0, 0.05) is 23.2 Å². The number of hydrogen-bond donors (Lipinski definition) is 1. The van der Waals surface area contributed by atoms with E-state index in [1.54, 1.807) is 31.2 Å². The highest BCUT2D eigenvalue weighted by atomic mass is 79.9. The summed E-state index contributed by atoms with van der Waals surface area (Å²) in [5.74, 6) is 0.389. The number of carbonyl (C=O) groups is 1. The number of hydrogen-bond acceptors (Lipinski definition) is 6. The molecule has 8 nitrogen and oxygen atoms in total. The van der Waals surface area contributed by atoms with E-state index in [9.17, 15) is 13.2 Å². The van der Waals surface area contributed by atoms with Crippen LogP contribution in [0.2, 0.25) is 0 Å². The molecule has 0 aliphatic carbocycles. The van der Waals surface area contributed by atoms with Gasteiger partial charge in [0.2, 0.25) is 10.0 Å². The standard InChI is InChI=1S/C20H23BrN2O6S/c1-2-28-18-8-5-16(13-19(18)30(25,26)23-9-11-27-12-10-23)22-20(24)14-29-17-6-3-15(21)4-7-17/h3-8,13H,2,9-12,14H2,1H3,(H,22,24). The van der Waals surface area contributed by atoms with E-state index in [4.69, 9.17) is 14.2 Å². The minimum atomic E-state index is -3.79. The average molecular weight is 499 g/mol. The Labute approximate surface area is 184 Å². The highest BCUT2D eigenvalue weighted by molar-refractivity contribution is 9.10. The zero-order chi connectivity index (χ0) is 21.6. The highest BCUT2D eigenvalue weighted by Crippen LogP contribution is 2.30. The quantitative estimate of drug-likeness (QED) is 0.601. The van der Waals surface area contributed by atoms with Crippen LogP contribution in [0.25, 0.3) is 0 Å². The number of nitrogens with one attached hydrogen (secondary N) is 1. The maximum atomic E-state index is 13.1. The Morgan fingerprint density at radius 1 is 1.13 bits per heavy atom. The Morgan fingerprint density at radius 3 is 2.50 bits per heavy atom. The largest absolute Gasteiger partial charge is 0.492 e. The fourth-order valence-corrected chi connectivity index (χ4v) is 4.69. The van der Waals surface area contributed by atoms with E-state index in [-0.39, 0.29) is 30.3 Å². The monoisotopic (exact) mass is 498 g/mol. The van der Waals surface area contributed by atoms with Crippen molar-refractivity contribution in [2.24, 2.45) is 0 Å². The van der Waals surface area contributed by atoms with Gasteiger partial charge in [0.15, 0.2) is 6.61 Å². The summed E-state index contributed by atoms with van der Waals surface area (Å²) in [7, 11) is -3.79. The molecule has 1 saturated heterocycles. The van der Waals surface area contributed by atoms with Gasteiger partial charge in [-0.15, -0.1) is 0 Å². The number of halogens is 1. The number of rotatable bonds is 8. The first kappa shape index (κ1) is 22.5. The molecule has 0 radical (unpaired) electrons.